The number of anilines is 1. The maximum atomic E-state index is 12.2. The fourth-order valence-corrected chi connectivity index (χ4v) is 4.80. The van der Waals surface area contributed by atoms with Crippen LogP contribution in [0.2, 0.25) is 0 Å². The van der Waals surface area contributed by atoms with Gasteiger partial charge >= 0.3 is 5.97 Å². The molecule has 1 aliphatic carbocycles. The number of fused-ring (bicyclic) bond motifs is 1. The number of aliphatic carboxylic acids is 1. The van der Waals surface area contributed by atoms with Gasteiger partial charge in [-0.25, -0.2) is 0 Å². The van der Waals surface area contributed by atoms with Gasteiger partial charge in [-0.05, 0) is 54.7 Å². The van der Waals surface area contributed by atoms with Gasteiger partial charge in [0, 0.05) is 28.2 Å². The van der Waals surface area contributed by atoms with Gasteiger partial charge in [0.25, 0.3) is 0 Å². The predicted octanol–water partition coefficient (Wildman–Crippen LogP) is 3.32. The van der Waals surface area contributed by atoms with Crippen LogP contribution in [-0.4, -0.2) is 36.7 Å². The molecule has 4 rings (SSSR count). The highest BCUT2D eigenvalue weighted by Gasteiger charge is 2.30. The Bertz CT molecular complexity index is 1110. The minimum atomic E-state index is -2.51. The standard InChI is InChI=1S/C22H23N3O5S/c1-30-18-5-2-4-16(12-18)15-8-10-17(11-9-15)25(31(28)29)21-7-3-6-20-19(21)13-23-24(20)14-22(26)27/h2,4-5,8-13,21H,3,6-7,14H2,1H3,(H,26,27)(H,28,29)/p-1. The molecule has 2 atom stereocenters. The van der Waals surface area contributed by atoms with Crippen molar-refractivity contribution in [3.63, 3.8) is 0 Å². The van der Waals surface area contributed by atoms with Crippen LogP contribution < -0.4 is 9.04 Å². The zero-order chi connectivity index (χ0) is 22.0. The zero-order valence-electron chi connectivity index (χ0n) is 16.9. The second-order valence-corrected chi connectivity index (χ2v) is 8.16. The van der Waals surface area contributed by atoms with E-state index < -0.39 is 23.3 Å². The lowest BCUT2D eigenvalue weighted by Crippen LogP contribution is -2.33. The van der Waals surface area contributed by atoms with E-state index in [9.17, 15) is 13.6 Å². The molecule has 3 aromatic rings. The van der Waals surface area contributed by atoms with Crippen LogP contribution in [0, 0.1) is 0 Å². The Morgan fingerprint density at radius 1 is 1.29 bits per heavy atom. The van der Waals surface area contributed by atoms with Gasteiger partial charge in [-0.15, -0.1) is 0 Å². The molecule has 0 saturated carbocycles. The average molecular weight is 441 g/mol. The van der Waals surface area contributed by atoms with Gasteiger partial charge in [0.15, 0.2) is 0 Å². The number of carboxylic acids is 1. The summed E-state index contributed by atoms with van der Waals surface area (Å²) in [7, 11) is 1.61. The molecule has 0 saturated heterocycles. The van der Waals surface area contributed by atoms with Crippen LogP contribution in [-0.2, 0) is 29.0 Å². The van der Waals surface area contributed by atoms with Gasteiger partial charge in [-0.2, -0.15) is 5.10 Å². The molecule has 8 nitrogen and oxygen atoms in total. The van der Waals surface area contributed by atoms with Gasteiger partial charge in [-0.1, -0.05) is 24.3 Å². The summed E-state index contributed by atoms with van der Waals surface area (Å²) in [5, 5.41) is 13.3. The van der Waals surface area contributed by atoms with Gasteiger partial charge < -0.3 is 14.4 Å². The third-order valence-corrected chi connectivity index (χ3v) is 6.27. The number of hydrogen-bond acceptors (Lipinski definition) is 5. The van der Waals surface area contributed by atoms with Crippen molar-refractivity contribution in [2.24, 2.45) is 0 Å². The molecule has 0 amide bonds. The molecule has 0 fully saturated rings. The van der Waals surface area contributed by atoms with Crippen LogP contribution >= 0.6 is 0 Å². The van der Waals surface area contributed by atoms with Crippen molar-refractivity contribution in [2.75, 3.05) is 11.4 Å². The first-order chi connectivity index (χ1) is 15.0. The Balaban J connectivity index is 1.65. The van der Waals surface area contributed by atoms with Crippen molar-refractivity contribution in [2.45, 2.75) is 31.8 Å². The van der Waals surface area contributed by atoms with Crippen molar-refractivity contribution in [3.05, 3.63) is 66.0 Å². The molecular formula is C22H22N3O5S-. The van der Waals surface area contributed by atoms with Crippen molar-refractivity contribution in [3.8, 4) is 16.9 Å². The minimum Gasteiger partial charge on any atom is -0.755 e. The van der Waals surface area contributed by atoms with Gasteiger partial charge in [0.05, 0.1) is 19.3 Å². The summed E-state index contributed by atoms with van der Waals surface area (Å²) in [5.74, 6) is -0.234. The van der Waals surface area contributed by atoms with Gasteiger partial charge in [0.2, 0.25) is 0 Å². The van der Waals surface area contributed by atoms with E-state index in [1.54, 1.807) is 25.4 Å². The summed E-state index contributed by atoms with van der Waals surface area (Å²) in [4.78, 5) is 11.1. The van der Waals surface area contributed by atoms with E-state index in [2.05, 4.69) is 5.10 Å². The highest BCUT2D eigenvalue weighted by Crippen LogP contribution is 2.38. The lowest BCUT2D eigenvalue weighted by Gasteiger charge is -2.37. The molecule has 1 aliphatic rings. The largest absolute Gasteiger partial charge is 0.755 e. The van der Waals surface area contributed by atoms with Crippen molar-refractivity contribution in [1.29, 1.82) is 0 Å². The molecule has 2 aromatic carbocycles. The summed E-state index contributed by atoms with van der Waals surface area (Å²) >= 11 is -2.51. The monoisotopic (exact) mass is 440 g/mol. The second kappa shape index (κ2) is 8.91. The van der Waals surface area contributed by atoms with Crippen LogP contribution in [0.3, 0.4) is 0 Å². The van der Waals surface area contributed by atoms with Crippen molar-refractivity contribution >= 4 is 22.9 Å². The zero-order valence-corrected chi connectivity index (χ0v) is 17.7. The first-order valence-electron chi connectivity index (χ1n) is 9.87. The third-order valence-electron chi connectivity index (χ3n) is 5.48. The summed E-state index contributed by atoms with van der Waals surface area (Å²) in [6.45, 7) is -0.238. The number of hydrogen-bond donors (Lipinski definition) is 1. The van der Waals surface area contributed by atoms with Gasteiger partial charge in [0.1, 0.15) is 12.3 Å². The molecule has 2 unspecified atom stereocenters. The molecule has 1 aromatic heterocycles. The summed E-state index contributed by atoms with van der Waals surface area (Å²) < 4.78 is 32.5. The van der Waals surface area contributed by atoms with Crippen LogP contribution in [0.25, 0.3) is 11.1 Å². The number of nitrogens with zero attached hydrogens (tertiary/aromatic N) is 3. The third kappa shape index (κ3) is 4.33. The molecule has 162 valence electrons. The average Bonchev–Trinajstić information content (AvgIpc) is 3.17. The SMILES string of the molecule is COc1cccc(-c2ccc(N(C3CCCc4c3cnn4CC(=O)O)S(=O)[O-])cc2)c1. The summed E-state index contributed by atoms with van der Waals surface area (Å²) in [6, 6.07) is 14.5. The van der Waals surface area contributed by atoms with Crippen LogP contribution in [0.4, 0.5) is 5.69 Å². The molecule has 9 heteroatoms. The maximum absolute atomic E-state index is 12.2. The number of rotatable bonds is 7. The first kappa shape index (κ1) is 21.1. The smallest absolute Gasteiger partial charge is 0.325 e. The number of aromatic nitrogens is 2. The molecule has 0 spiro atoms. The molecule has 31 heavy (non-hydrogen) atoms. The van der Waals surface area contributed by atoms with E-state index in [0.717, 1.165) is 34.6 Å². The molecule has 1 N–H and O–H groups in total. The molecular weight excluding hydrogens is 418 g/mol. The normalized spacial score (nSPS) is 16.4. The van der Waals surface area contributed by atoms with E-state index in [1.165, 1.54) is 8.99 Å². The molecule has 0 radical (unpaired) electrons. The number of benzene rings is 2. The topological polar surface area (TPSA) is 108 Å². The molecule has 0 bridgehead atoms. The Morgan fingerprint density at radius 3 is 2.74 bits per heavy atom. The molecule has 0 aliphatic heterocycles. The quantitative estimate of drug-likeness (QED) is 0.565. The van der Waals surface area contributed by atoms with Crippen LogP contribution in [0.5, 0.6) is 5.75 Å². The molecule has 1 heterocycles. The van der Waals surface area contributed by atoms with E-state index in [-0.39, 0.29) is 6.54 Å². The maximum Gasteiger partial charge on any atom is 0.325 e. The van der Waals surface area contributed by atoms with E-state index in [4.69, 9.17) is 9.84 Å². The summed E-state index contributed by atoms with van der Waals surface area (Å²) in [5.41, 5.74) is 3.99. The van der Waals surface area contributed by atoms with E-state index in [0.29, 0.717) is 18.5 Å². The first-order valence-corrected chi connectivity index (χ1v) is 10.9. The highest BCUT2D eigenvalue weighted by atomic mass is 32.2. The van der Waals surface area contributed by atoms with Crippen molar-refractivity contribution < 1.29 is 23.4 Å². The fourth-order valence-electron chi connectivity index (χ4n) is 4.08. The minimum absolute atomic E-state index is 0.238. The van der Waals surface area contributed by atoms with Crippen LogP contribution in [0.1, 0.15) is 30.1 Å². The Kier molecular flexibility index (Phi) is 6.06. The lowest BCUT2D eigenvalue weighted by atomic mass is 9.92. The Morgan fingerprint density at radius 2 is 2.06 bits per heavy atom. The number of methoxy groups -OCH3 is 1. The lowest BCUT2D eigenvalue weighted by molar-refractivity contribution is -0.137. The van der Waals surface area contributed by atoms with E-state index >= 15 is 0 Å². The van der Waals surface area contributed by atoms with Gasteiger partial charge in [-0.3, -0.25) is 18.0 Å². The van der Waals surface area contributed by atoms with Crippen molar-refractivity contribution in [1.82, 2.24) is 9.78 Å². The Hall–Kier alpha value is -3.17. The van der Waals surface area contributed by atoms with E-state index in [1.807, 2.05) is 36.4 Å². The summed E-state index contributed by atoms with van der Waals surface area (Å²) in [6.07, 6.45) is 3.65. The second-order valence-electron chi connectivity index (χ2n) is 7.33. The fraction of sp³-hybridized carbons (Fsp3) is 0.273. The number of carbonyl (C=O) groups is 1. The Labute approximate surface area is 182 Å². The highest BCUT2D eigenvalue weighted by molar-refractivity contribution is 7.80. The predicted molar refractivity (Wildman–Crippen MR) is 115 cm³/mol. The number of ether oxygens (including phenoxy) is 1. The number of carboxylic acid groups (broad SMARTS) is 1. The van der Waals surface area contributed by atoms with Crippen LogP contribution in [0.15, 0.2) is 54.7 Å².